The van der Waals surface area contributed by atoms with E-state index in [-0.39, 0.29) is 0 Å². The lowest BCUT2D eigenvalue weighted by Gasteiger charge is -2.26. The van der Waals surface area contributed by atoms with Gasteiger partial charge in [-0.2, -0.15) is 13.2 Å². The Morgan fingerprint density at radius 3 is 0.525 bits per heavy atom. The van der Waals surface area contributed by atoms with Crippen LogP contribution in [0.4, 0.5) is 13.2 Å². The molecule has 0 bridgehead atoms. The molecule has 0 saturated carbocycles. The van der Waals surface area contributed by atoms with Crippen LogP contribution in [0.25, 0.3) is 100 Å². The maximum atomic E-state index is 10.5. The van der Waals surface area contributed by atoms with E-state index in [1.54, 1.807) is 0 Å². The van der Waals surface area contributed by atoms with Crippen LogP contribution < -0.4 is 5.11 Å². The van der Waals surface area contributed by atoms with Crippen LogP contribution >= 0.6 is 0 Å². The molecule has 0 N–H and O–H groups in total. The minimum absolute atomic E-state index is 0.881. The molecule has 0 fully saturated rings. The standard InChI is InChI=1S/C72H51S.C2HF3O2/c1-10-28-52(29-11-1)61-46-64(55-34-16-4-17-35-55)70(65(47-61)56-36-18-5-19-37-56)73(71-66(57-38-20-6-21-39-57)48-62(53-30-12-2-13-31-53)49-67(71)58-40-22-7-23-41-58)72-68(59-42-24-8-25-43-59)50-63(54-32-14-3-15-33-54)51-69(72)60-44-26-9-27-45-60;3-2(4,5)1(6)7/h1-51H;(H,6,7)/q+1;/p-1. The Morgan fingerprint density at radius 1 is 0.250 bits per heavy atom. The van der Waals surface area contributed by atoms with Crippen LogP contribution in [0.15, 0.2) is 324 Å². The Balaban J connectivity index is 0.000000906. The summed E-state index contributed by atoms with van der Waals surface area (Å²) in [6.07, 6.45) is -5.19. The minimum atomic E-state index is -5.19. The van der Waals surface area contributed by atoms with Crippen molar-refractivity contribution in [3.05, 3.63) is 309 Å². The second-order valence-corrected chi connectivity index (χ2v) is 20.9. The smallest absolute Gasteiger partial charge is 0.430 e. The number of carbonyl (C=O) groups excluding carboxylic acids is 1. The van der Waals surface area contributed by atoms with Crippen LogP contribution in [-0.2, 0) is 15.7 Å². The fraction of sp³-hybridized carbons (Fsp3) is 0.0135. The fourth-order valence-corrected chi connectivity index (χ4v) is 13.2. The van der Waals surface area contributed by atoms with Crippen molar-refractivity contribution in [2.75, 3.05) is 0 Å². The van der Waals surface area contributed by atoms with Crippen molar-refractivity contribution in [3.63, 3.8) is 0 Å². The zero-order chi connectivity index (χ0) is 54.8. The molecule has 0 aliphatic rings. The summed E-state index contributed by atoms with van der Waals surface area (Å²) in [6.45, 7) is 0. The molecule has 0 aliphatic heterocycles. The molecule has 0 amide bonds. The summed E-state index contributed by atoms with van der Waals surface area (Å²) >= 11 is 0. The lowest BCUT2D eigenvalue weighted by atomic mass is 9.92. The van der Waals surface area contributed by atoms with Crippen molar-refractivity contribution in [1.29, 1.82) is 0 Å². The molecule has 12 aromatic carbocycles. The van der Waals surface area contributed by atoms with Gasteiger partial charge in [-0.25, -0.2) is 0 Å². The summed E-state index contributed by atoms with van der Waals surface area (Å²) in [5.74, 6) is -3.01. The van der Waals surface area contributed by atoms with Crippen molar-refractivity contribution in [3.8, 4) is 100 Å². The van der Waals surface area contributed by atoms with Gasteiger partial charge >= 0.3 is 6.18 Å². The Morgan fingerprint density at radius 2 is 0.388 bits per heavy atom. The maximum absolute atomic E-state index is 10.5. The number of carboxylic acid groups (broad SMARTS) is 1. The van der Waals surface area contributed by atoms with E-state index in [1.807, 2.05) is 0 Å². The number of hydrogen-bond acceptors (Lipinski definition) is 2. The lowest BCUT2D eigenvalue weighted by molar-refractivity contribution is -0.344. The molecule has 0 aromatic heterocycles. The topological polar surface area (TPSA) is 40.1 Å². The van der Waals surface area contributed by atoms with Gasteiger partial charge in [-0.15, -0.1) is 0 Å². The fourth-order valence-electron chi connectivity index (χ4n) is 10.2. The predicted octanol–water partition coefficient (Wildman–Crippen LogP) is 19.1. The van der Waals surface area contributed by atoms with Crippen LogP contribution in [0.2, 0.25) is 0 Å². The van der Waals surface area contributed by atoms with Gasteiger partial charge in [-0.05, 0) is 103 Å². The predicted molar refractivity (Wildman–Crippen MR) is 321 cm³/mol. The molecule has 0 spiro atoms. The summed E-state index contributed by atoms with van der Waals surface area (Å²) < 4.78 is 31.5. The SMILES string of the molecule is O=C([O-])C(F)(F)F.c1ccc(-c2cc(-c3ccccc3)c([S+](c3c(-c4ccccc4)cc(-c4ccccc4)cc3-c3ccccc3)c3c(-c4ccccc4)cc(-c4ccccc4)cc3-c3ccccc3)c(-c3ccccc3)c2)cc1. The van der Waals surface area contributed by atoms with E-state index in [4.69, 9.17) is 9.90 Å². The molecule has 2 nitrogen and oxygen atoms in total. The first kappa shape index (κ1) is 52.3. The van der Waals surface area contributed by atoms with E-state index in [2.05, 4.69) is 309 Å². The van der Waals surface area contributed by atoms with E-state index in [0.717, 1.165) is 33.4 Å². The summed E-state index contributed by atoms with van der Waals surface area (Å²) in [7, 11) is -0.881. The molecule has 0 saturated heterocycles. The third-order valence-corrected chi connectivity index (χ3v) is 16.5. The number of halogens is 3. The van der Waals surface area contributed by atoms with Gasteiger partial charge in [0.2, 0.25) is 0 Å². The van der Waals surface area contributed by atoms with Crippen LogP contribution in [0.1, 0.15) is 0 Å². The quantitative estimate of drug-likeness (QED) is 0.114. The van der Waals surface area contributed by atoms with E-state index in [0.29, 0.717) is 0 Å². The summed E-state index contributed by atoms with van der Waals surface area (Å²) in [4.78, 5) is 12.6. The number of benzene rings is 12. The van der Waals surface area contributed by atoms with Gasteiger partial charge in [0.15, 0.2) is 14.7 Å². The molecular weight excluding hydrogens is 1010 g/mol. The van der Waals surface area contributed by atoms with E-state index in [9.17, 15) is 13.2 Å². The van der Waals surface area contributed by atoms with Crippen molar-refractivity contribution in [2.45, 2.75) is 20.9 Å². The molecule has 0 atom stereocenters. The number of carbonyl (C=O) groups is 1. The van der Waals surface area contributed by atoms with Crippen molar-refractivity contribution in [1.82, 2.24) is 0 Å². The zero-order valence-electron chi connectivity index (χ0n) is 43.3. The Hall–Kier alpha value is -9.75. The molecule has 12 aromatic rings. The van der Waals surface area contributed by atoms with Gasteiger partial charge in [0.05, 0.1) is 0 Å². The highest BCUT2D eigenvalue weighted by Gasteiger charge is 2.44. The lowest BCUT2D eigenvalue weighted by Crippen LogP contribution is -2.37. The maximum Gasteiger partial charge on any atom is 0.430 e. The van der Waals surface area contributed by atoms with Gasteiger partial charge < -0.3 is 9.90 Å². The average molecular weight is 1060 g/mol. The highest BCUT2D eigenvalue weighted by molar-refractivity contribution is 7.97. The number of rotatable bonds is 12. The van der Waals surface area contributed by atoms with Gasteiger partial charge in [0, 0.05) is 33.4 Å². The third-order valence-electron chi connectivity index (χ3n) is 13.9. The molecule has 80 heavy (non-hydrogen) atoms. The first-order valence-electron chi connectivity index (χ1n) is 26.2. The molecule has 6 heteroatoms. The molecule has 0 radical (unpaired) electrons. The normalized spacial score (nSPS) is 11.2. The zero-order valence-corrected chi connectivity index (χ0v) is 44.1. The second kappa shape index (κ2) is 23.9. The molecule has 12 rings (SSSR count). The Bertz CT molecular complexity index is 3430. The number of alkyl halides is 3. The molecule has 0 aliphatic carbocycles. The van der Waals surface area contributed by atoms with Crippen LogP contribution in [0, 0.1) is 0 Å². The third kappa shape index (κ3) is 11.4. The summed E-state index contributed by atoms with van der Waals surface area (Å²) in [5.41, 5.74) is 21.2. The first-order chi connectivity index (χ1) is 39.2. The minimum Gasteiger partial charge on any atom is -0.542 e. The van der Waals surface area contributed by atoms with Crippen molar-refractivity contribution in [2.24, 2.45) is 0 Å². The average Bonchev–Trinajstić information content (AvgIpc) is 3.71. The molecule has 0 heterocycles. The monoisotopic (exact) mass is 1060 g/mol. The van der Waals surface area contributed by atoms with Crippen molar-refractivity contribution < 1.29 is 23.1 Å². The van der Waals surface area contributed by atoms with Crippen LogP contribution in [0.5, 0.6) is 0 Å². The van der Waals surface area contributed by atoms with Crippen LogP contribution in [-0.4, -0.2) is 12.1 Å². The van der Waals surface area contributed by atoms with E-state index in [1.165, 1.54) is 81.4 Å². The molecular formula is C74H51F3O2S. The number of aliphatic carboxylic acids is 1. The largest absolute Gasteiger partial charge is 0.542 e. The summed E-state index contributed by atoms with van der Waals surface area (Å²) in [5, 5.41) is 8.78. The summed E-state index contributed by atoms with van der Waals surface area (Å²) in [6, 6.07) is 114. The van der Waals surface area contributed by atoms with Gasteiger partial charge in [0.1, 0.15) is 16.9 Å². The molecule has 386 valence electrons. The number of carboxylic acids is 1. The first-order valence-corrected chi connectivity index (χ1v) is 27.5. The molecule has 0 unspecified atom stereocenters. The Labute approximate surface area is 467 Å². The van der Waals surface area contributed by atoms with E-state index < -0.39 is 23.0 Å². The second-order valence-electron chi connectivity index (χ2n) is 19.1. The van der Waals surface area contributed by atoms with E-state index >= 15 is 0 Å². The van der Waals surface area contributed by atoms with Crippen LogP contribution in [0.3, 0.4) is 0 Å². The van der Waals surface area contributed by atoms with Gasteiger partial charge in [-0.1, -0.05) is 273 Å². The van der Waals surface area contributed by atoms with Gasteiger partial charge in [0.25, 0.3) is 0 Å². The van der Waals surface area contributed by atoms with Gasteiger partial charge in [-0.3, -0.25) is 0 Å². The van der Waals surface area contributed by atoms with Crippen molar-refractivity contribution >= 4 is 16.9 Å². The highest BCUT2D eigenvalue weighted by atomic mass is 32.2. The Kier molecular flexibility index (Phi) is 15.6. The highest BCUT2D eigenvalue weighted by Crippen LogP contribution is 2.55. The number of hydrogen-bond donors (Lipinski definition) is 0.